The highest BCUT2D eigenvalue weighted by atomic mass is 16.5. The van der Waals surface area contributed by atoms with E-state index in [1.54, 1.807) is 42.5 Å². The minimum Gasteiger partial charge on any atom is -0.497 e. The van der Waals surface area contributed by atoms with Gasteiger partial charge in [-0.05, 0) is 47.5 Å². The number of carbonyl (C=O) groups excluding carboxylic acids is 4. The molecule has 8 nitrogen and oxygen atoms in total. The van der Waals surface area contributed by atoms with E-state index in [9.17, 15) is 19.2 Å². The van der Waals surface area contributed by atoms with Crippen LogP contribution in [0.4, 0.5) is 0 Å². The zero-order valence-corrected chi connectivity index (χ0v) is 19.3. The van der Waals surface area contributed by atoms with E-state index in [1.807, 2.05) is 30.3 Å². The Labute approximate surface area is 207 Å². The van der Waals surface area contributed by atoms with Crippen molar-refractivity contribution in [2.75, 3.05) is 13.8 Å². The molecule has 8 heteroatoms. The van der Waals surface area contributed by atoms with Crippen LogP contribution in [-0.2, 0) is 14.3 Å². The average molecular weight is 482 g/mol. The molecule has 0 spiro atoms. The molecule has 0 unspecified atom stereocenters. The summed E-state index contributed by atoms with van der Waals surface area (Å²) in [6, 6.07) is 22.3. The van der Waals surface area contributed by atoms with Gasteiger partial charge in [0.2, 0.25) is 5.91 Å². The number of nitrogens with zero attached hydrogens (tertiary/aromatic N) is 1. The molecule has 3 amide bonds. The molecule has 0 radical (unpaired) electrons. The molecule has 3 aromatic rings. The molecule has 0 atom stereocenters. The van der Waals surface area contributed by atoms with Crippen LogP contribution in [0.2, 0.25) is 0 Å². The first-order valence-electron chi connectivity index (χ1n) is 11.0. The topological polar surface area (TPSA) is 102 Å². The largest absolute Gasteiger partial charge is 0.497 e. The highest BCUT2D eigenvalue weighted by Gasteiger charge is 2.36. The third-order valence-corrected chi connectivity index (χ3v) is 5.33. The van der Waals surface area contributed by atoms with Crippen LogP contribution in [-0.4, -0.2) is 42.4 Å². The first-order valence-corrected chi connectivity index (χ1v) is 11.0. The fraction of sp³-hybridized carbons (Fsp3) is 0.0714. The Kier molecular flexibility index (Phi) is 7.36. The second-order valence-corrected chi connectivity index (χ2v) is 7.71. The highest BCUT2D eigenvalue weighted by molar-refractivity contribution is 6.21. The number of ether oxygens (including phenoxy) is 2. The molecule has 0 saturated heterocycles. The number of esters is 1. The highest BCUT2D eigenvalue weighted by Crippen LogP contribution is 2.22. The van der Waals surface area contributed by atoms with E-state index in [4.69, 9.17) is 9.47 Å². The van der Waals surface area contributed by atoms with Crippen LogP contribution in [0, 0.1) is 0 Å². The number of fused-ring (bicyclic) bond motifs is 1. The molecule has 0 aliphatic carbocycles. The molecular formula is C28H22N2O6. The molecule has 0 fully saturated rings. The van der Waals surface area contributed by atoms with Gasteiger partial charge in [0.1, 0.15) is 11.4 Å². The lowest BCUT2D eigenvalue weighted by molar-refractivity contribution is -0.142. The molecule has 0 bridgehead atoms. The molecule has 4 rings (SSSR count). The van der Waals surface area contributed by atoms with Gasteiger partial charge in [-0.1, -0.05) is 54.6 Å². The van der Waals surface area contributed by atoms with Gasteiger partial charge in [0, 0.05) is 6.08 Å². The molecule has 1 heterocycles. The number of methoxy groups -OCH3 is 1. The minimum absolute atomic E-state index is 0.167. The minimum atomic E-state index is -0.913. The number of rotatable bonds is 8. The summed E-state index contributed by atoms with van der Waals surface area (Å²) in [6.45, 7) is -0.596. The lowest BCUT2D eigenvalue weighted by Gasteiger charge is -2.15. The molecule has 0 aromatic heterocycles. The molecule has 3 aromatic carbocycles. The van der Waals surface area contributed by atoms with E-state index in [0.717, 1.165) is 10.5 Å². The normalized spacial score (nSPS) is 13.0. The Bertz CT molecular complexity index is 1330. The first-order chi connectivity index (χ1) is 17.5. The Morgan fingerprint density at radius 2 is 1.44 bits per heavy atom. The maximum atomic E-state index is 12.9. The fourth-order valence-electron chi connectivity index (χ4n) is 3.48. The Balaban J connectivity index is 1.50. The van der Waals surface area contributed by atoms with Crippen LogP contribution in [0.3, 0.4) is 0 Å². The summed E-state index contributed by atoms with van der Waals surface area (Å²) in [5, 5.41) is 2.52. The third-order valence-electron chi connectivity index (χ3n) is 5.33. The maximum Gasteiger partial charge on any atom is 0.356 e. The van der Waals surface area contributed by atoms with Gasteiger partial charge in [0.15, 0.2) is 6.73 Å². The van der Waals surface area contributed by atoms with Gasteiger partial charge in [-0.2, -0.15) is 0 Å². The van der Waals surface area contributed by atoms with Crippen LogP contribution in [0.25, 0.3) is 12.2 Å². The van der Waals surface area contributed by atoms with Crippen molar-refractivity contribution in [3.63, 3.8) is 0 Å². The first kappa shape index (κ1) is 24.2. The zero-order chi connectivity index (χ0) is 25.5. The van der Waals surface area contributed by atoms with Crippen LogP contribution in [0.1, 0.15) is 31.8 Å². The van der Waals surface area contributed by atoms with Crippen molar-refractivity contribution in [3.8, 4) is 5.75 Å². The van der Waals surface area contributed by atoms with E-state index >= 15 is 0 Å². The van der Waals surface area contributed by atoms with Crippen molar-refractivity contribution in [2.45, 2.75) is 0 Å². The van der Waals surface area contributed by atoms with Gasteiger partial charge < -0.3 is 14.8 Å². The summed E-state index contributed by atoms with van der Waals surface area (Å²) in [6.07, 6.45) is 4.32. The lowest BCUT2D eigenvalue weighted by atomic mass is 10.1. The van der Waals surface area contributed by atoms with Crippen molar-refractivity contribution in [1.29, 1.82) is 0 Å². The molecule has 1 aliphatic heterocycles. The molecule has 36 heavy (non-hydrogen) atoms. The Morgan fingerprint density at radius 1 is 0.833 bits per heavy atom. The number of amides is 3. The van der Waals surface area contributed by atoms with E-state index in [0.29, 0.717) is 11.3 Å². The molecule has 0 saturated carbocycles. The second kappa shape index (κ2) is 11.0. The van der Waals surface area contributed by atoms with E-state index in [-0.39, 0.29) is 16.8 Å². The van der Waals surface area contributed by atoms with Gasteiger partial charge in [-0.25, -0.2) is 9.69 Å². The van der Waals surface area contributed by atoms with Gasteiger partial charge in [0.05, 0.1) is 18.2 Å². The number of nitrogens with one attached hydrogen (secondary N) is 1. The van der Waals surface area contributed by atoms with Crippen LogP contribution < -0.4 is 10.1 Å². The third kappa shape index (κ3) is 5.56. The standard InChI is InChI=1S/C28H22N2O6/c1-35-21-14-11-20(12-15-21)17-24(29-25(31)16-13-19-7-3-2-4-8-19)28(34)36-18-30-26(32)22-9-5-6-10-23(22)27(30)33/h2-17H,18H2,1H3,(H,29,31)/b16-13+,24-17-. The smallest absolute Gasteiger partial charge is 0.356 e. The monoisotopic (exact) mass is 482 g/mol. The van der Waals surface area contributed by atoms with Crippen LogP contribution in [0.15, 0.2) is 90.6 Å². The summed E-state index contributed by atoms with van der Waals surface area (Å²) in [5.74, 6) is -1.96. The van der Waals surface area contributed by atoms with Crippen molar-refractivity contribution in [3.05, 3.63) is 113 Å². The fourth-order valence-corrected chi connectivity index (χ4v) is 3.48. The van der Waals surface area contributed by atoms with Gasteiger partial charge >= 0.3 is 5.97 Å². The van der Waals surface area contributed by atoms with E-state index in [2.05, 4.69) is 5.32 Å². The number of benzene rings is 3. The lowest BCUT2D eigenvalue weighted by Crippen LogP contribution is -2.35. The van der Waals surface area contributed by atoms with Gasteiger partial charge in [-0.3, -0.25) is 14.4 Å². The van der Waals surface area contributed by atoms with Crippen LogP contribution in [0.5, 0.6) is 5.75 Å². The summed E-state index contributed by atoms with van der Waals surface area (Å²) >= 11 is 0. The maximum absolute atomic E-state index is 12.9. The summed E-state index contributed by atoms with van der Waals surface area (Å²) in [5.41, 5.74) is 1.72. The number of carbonyl (C=O) groups is 4. The molecule has 1 N–H and O–H groups in total. The van der Waals surface area contributed by atoms with Crippen molar-refractivity contribution in [1.82, 2.24) is 10.2 Å². The zero-order valence-electron chi connectivity index (χ0n) is 19.3. The Hall–Kier alpha value is -4.98. The van der Waals surface area contributed by atoms with Crippen LogP contribution >= 0.6 is 0 Å². The summed E-state index contributed by atoms with van der Waals surface area (Å²) in [7, 11) is 1.53. The second-order valence-electron chi connectivity index (χ2n) is 7.71. The van der Waals surface area contributed by atoms with Gasteiger partial charge in [0.25, 0.3) is 11.8 Å². The number of hydrogen-bond donors (Lipinski definition) is 1. The van der Waals surface area contributed by atoms with E-state index in [1.165, 1.54) is 31.4 Å². The van der Waals surface area contributed by atoms with E-state index < -0.39 is 30.4 Å². The molecule has 180 valence electrons. The molecular weight excluding hydrogens is 460 g/mol. The van der Waals surface area contributed by atoms with Crippen molar-refractivity contribution < 1.29 is 28.7 Å². The van der Waals surface area contributed by atoms with Crippen molar-refractivity contribution >= 4 is 35.8 Å². The predicted molar refractivity (Wildman–Crippen MR) is 132 cm³/mol. The summed E-state index contributed by atoms with van der Waals surface area (Å²) < 4.78 is 10.4. The van der Waals surface area contributed by atoms with Gasteiger partial charge in [-0.15, -0.1) is 0 Å². The average Bonchev–Trinajstić information content (AvgIpc) is 3.16. The predicted octanol–water partition coefficient (Wildman–Crippen LogP) is 3.66. The molecule has 1 aliphatic rings. The SMILES string of the molecule is COc1ccc(/C=C(\NC(=O)/C=C/c2ccccc2)C(=O)OCN2C(=O)c3ccccc3C2=O)cc1. The number of hydrogen-bond acceptors (Lipinski definition) is 6. The summed E-state index contributed by atoms with van der Waals surface area (Å²) in [4.78, 5) is 51.4. The van der Waals surface area contributed by atoms with Crippen molar-refractivity contribution in [2.24, 2.45) is 0 Å². The number of imide groups is 1. The quantitative estimate of drug-likeness (QED) is 0.299. The Morgan fingerprint density at radius 3 is 2.06 bits per heavy atom.